The number of benzene rings is 3. The van der Waals surface area contributed by atoms with Gasteiger partial charge in [-0.05, 0) is 61.0 Å². The van der Waals surface area contributed by atoms with Gasteiger partial charge in [-0.3, -0.25) is 9.62 Å². The molecular weight excluding hydrogens is 466 g/mol. The molecule has 0 saturated heterocycles. The van der Waals surface area contributed by atoms with Gasteiger partial charge in [0.2, 0.25) is 0 Å². The molecule has 0 fully saturated rings. The number of amides is 1. The summed E-state index contributed by atoms with van der Waals surface area (Å²) in [5, 5.41) is 9.62. The third-order valence-corrected chi connectivity index (χ3v) is 6.48. The Morgan fingerprint density at radius 3 is 2.17 bits per heavy atom. The molecule has 0 atom stereocenters. The average Bonchev–Trinajstić information content (AvgIpc) is 2.85. The van der Waals surface area contributed by atoms with E-state index in [9.17, 15) is 18.3 Å². The normalized spacial score (nSPS) is 11.0. The molecule has 0 unspecified atom stereocenters. The quantitative estimate of drug-likeness (QED) is 0.330. The van der Waals surface area contributed by atoms with Crippen LogP contribution in [0.3, 0.4) is 0 Å². The maximum absolute atomic E-state index is 12.5. The summed E-state index contributed by atoms with van der Waals surface area (Å²) in [6, 6.07) is 25.6. The van der Waals surface area contributed by atoms with Gasteiger partial charge in [-0.15, -0.1) is 0 Å². The topological polar surface area (TPSA) is 109 Å². The lowest BCUT2D eigenvalue weighted by molar-refractivity contribution is 0.201. The Morgan fingerprint density at radius 2 is 1.57 bits per heavy atom. The van der Waals surface area contributed by atoms with Gasteiger partial charge in [0.25, 0.3) is 10.0 Å². The van der Waals surface area contributed by atoms with Gasteiger partial charge in [0.1, 0.15) is 17.3 Å². The van der Waals surface area contributed by atoms with Crippen LogP contribution in [0.25, 0.3) is 0 Å². The van der Waals surface area contributed by atoms with Gasteiger partial charge in [0.15, 0.2) is 0 Å². The highest BCUT2D eigenvalue weighted by Gasteiger charge is 2.16. The molecule has 0 saturated carbocycles. The summed E-state index contributed by atoms with van der Waals surface area (Å²) < 4.78 is 33.2. The number of pyridine rings is 1. The van der Waals surface area contributed by atoms with Crippen molar-refractivity contribution in [3.8, 4) is 11.5 Å². The van der Waals surface area contributed by atoms with Crippen molar-refractivity contribution in [2.24, 2.45) is 0 Å². The molecule has 35 heavy (non-hydrogen) atoms. The van der Waals surface area contributed by atoms with E-state index in [-0.39, 0.29) is 17.3 Å². The van der Waals surface area contributed by atoms with E-state index in [1.165, 1.54) is 29.3 Å². The molecule has 9 heteroatoms. The smallest absolute Gasteiger partial charge is 0.412 e. The molecular formula is C26H23N3O5S. The van der Waals surface area contributed by atoms with Gasteiger partial charge < -0.3 is 9.84 Å². The summed E-state index contributed by atoms with van der Waals surface area (Å²) in [6.07, 6.45) is 0.343. The lowest BCUT2D eigenvalue weighted by atomic mass is 10.2. The van der Waals surface area contributed by atoms with Crippen molar-refractivity contribution in [2.45, 2.75) is 18.4 Å². The number of ether oxygens (including phenoxy) is 1. The SMILES string of the molecule is Cc1ccc(S(=O)(=O)Nc2ccc(Oc3ccc(N(Cc4ccccc4)C(=O)O)cc3)cn2)cc1. The molecule has 0 aliphatic heterocycles. The molecule has 0 radical (unpaired) electrons. The lowest BCUT2D eigenvalue weighted by Crippen LogP contribution is -2.28. The third kappa shape index (κ3) is 6.15. The maximum Gasteiger partial charge on any atom is 0.412 e. The Morgan fingerprint density at radius 1 is 0.914 bits per heavy atom. The van der Waals surface area contributed by atoms with Crippen LogP contribution in [0.2, 0.25) is 0 Å². The van der Waals surface area contributed by atoms with E-state index in [0.717, 1.165) is 11.1 Å². The summed E-state index contributed by atoms with van der Waals surface area (Å²) in [4.78, 5) is 17.3. The second-order valence-corrected chi connectivity index (χ2v) is 9.43. The number of nitrogens with zero attached hydrogens (tertiary/aromatic N) is 2. The summed E-state index contributed by atoms with van der Waals surface area (Å²) in [7, 11) is -3.75. The zero-order valence-electron chi connectivity index (χ0n) is 18.8. The van der Waals surface area contributed by atoms with Gasteiger partial charge in [-0.2, -0.15) is 0 Å². The Labute approximate surface area is 203 Å². The highest BCUT2D eigenvalue weighted by molar-refractivity contribution is 7.92. The highest BCUT2D eigenvalue weighted by atomic mass is 32.2. The number of anilines is 2. The zero-order chi connectivity index (χ0) is 24.8. The fourth-order valence-electron chi connectivity index (χ4n) is 3.28. The molecule has 4 aromatic rings. The first kappa shape index (κ1) is 23.8. The zero-order valence-corrected chi connectivity index (χ0v) is 19.6. The fourth-order valence-corrected chi connectivity index (χ4v) is 4.29. The predicted molar refractivity (Wildman–Crippen MR) is 133 cm³/mol. The summed E-state index contributed by atoms with van der Waals surface area (Å²) in [6.45, 7) is 2.10. The van der Waals surface area contributed by atoms with E-state index in [4.69, 9.17) is 4.74 Å². The largest absolute Gasteiger partial charge is 0.465 e. The van der Waals surface area contributed by atoms with Crippen molar-refractivity contribution < 1.29 is 23.1 Å². The molecule has 4 rings (SSSR count). The Bertz CT molecular complexity index is 1390. The van der Waals surface area contributed by atoms with Crippen LogP contribution in [-0.4, -0.2) is 24.6 Å². The molecule has 178 valence electrons. The van der Waals surface area contributed by atoms with Gasteiger partial charge in [-0.25, -0.2) is 18.2 Å². The standard InChI is InChI=1S/C26H23N3O5S/c1-19-7-14-24(15-8-19)35(32,33)28-25-16-13-23(17-27-25)34-22-11-9-21(10-12-22)29(26(30)31)18-20-5-3-2-4-6-20/h2-17H,18H2,1H3,(H,27,28)(H,30,31). The number of carboxylic acid groups (broad SMARTS) is 1. The Kier molecular flexibility index (Phi) is 6.98. The molecule has 1 heterocycles. The lowest BCUT2D eigenvalue weighted by Gasteiger charge is -2.19. The van der Waals surface area contributed by atoms with Gasteiger partial charge in [0.05, 0.1) is 17.6 Å². The number of rotatable bonds is 8. The number of hydrogen-bond acceptors (Lipinski definition) is 5. The van der Waals surface area contributed by atoms with Crippen LogP contribution >= 0.6 is 0 Å². The van der Waals surface area contributed by atoms with Crippen molar-refractivity contribution in [3.63, 3.8) is 0 Å². The molecule has 2 N–H and O–H groups in total. The number of aromatic nitrogens is 1. The molecule has 0 bridgehead atoms. The Balaban J connectivity index is 1.41. The minimum absolute atomic E-state index is 0.146. The number of aryl methyl sites for hydroxylation is 1. The van der Waals surface area contributed by atoms with Crippen LogP contribution in [-0.2, 0) is 16.6 Å². The minimum atomic E-state index is -3.75. The molecule has 1 amide bonds. The van der Waals surface area contributed by atoms with Gasteiger partial charge >= 0.3 is 6.09 Å². The molecule has 0 aliphatic rings. The number of carbonyl (C=O) groups is 1. The van der Waals surface area contributed by atoms with E-state index in [0.29, 0.717) is 17.2 Å². The third-order valence-electron chi connectivity index (χ3n) is 5.11. The van der Waals surface area contributed by atoms with Crippen molar-refractivity contribution in [3.05, 3.63) is 108 Å². The van der Waals surface area contributed by atoms with Crippen LogP contribution in [0.1, 0.15) is 11.1 Å². The van der Waals surface area contributed by atoms with E-state index in [2.05, 4.69) is 9.71 Å². The first-order valence-electron chi connectivity index (χ1n) is 10.7. The van der Waals surface area contributed by atoms with E-state index in [1.54, 1.807) is 42.5 Å². The molecule has 3 aromatic carbocycles. The van der Waals surface area contributed by atoms with Crippen LogP contribution in [0.4, 0.5) is 16.3 Å². The van der Waals surface area contributed by atoms with Crippen molar-refractivity contribution >= 4 is 27.6 Å². The molecule has 0 aliphatic carbocycles. The van der Waals surface area contributed by atoms with Crippen LogP contribution in [0.15, 0.2) is 102 Å². The molecule has 0 spiro atoms. The monoisotopic (exact) mass is 489 g/mol. The Hall–Kier alpha value is -4.37. The van der Waals surface area contributed by atoms with Crippen LogP contribution < -0.4 is 14.4 Å². The van der Waals surface area contributed by atoms with Gasteiger partial charge in [0, 0.05) is 5.69 Å². The summed E-state index contributed by atoms with van der Waals surface area (Å²) in [5.74, 6) is 1.04. The average molecular weight is 490 g/mol. The van der Waals surface area contributed by atoms with Crippen molar-refractivity contribution in [1.29, 1.82) is 0 Å². The van der Waals surface area contributed by atoms with Crippen molar-refractivity contribution in [2.75, 3.05) is 9.62 Å². The van der Waals surface area contributed by atoms with E-state index in [1.807, 2.05) is 37.3 Å². The highest BCUT2D eigenvalue weighted by Crippen LogP contribution is 2.26. The van der Waals surface area contributed by atoms with Crippen molar-refractivity contribution in [1.82, 2.24) is 4.98 Å². The minimum Gasteiger partial charge on any atom is -0.465 e. The summed E-state index contributed by atoms with van der Waals surface area (Å²) in [5.41, 5.74) is 2.34. The van der Waals surface area contributed by atoms with E-state index < -0.39 is 16.1 Å². The number of sulfonamides is 1. The number of hydrogen-bond donors (Lipinski definition) is 2. The van der Waals surface area contributed by atoms with E-state index >= 15 is 0 Å². The maximum atomic E-state index is 12.5. The number of nitrogens with one attached hydrogen (secondary N) is 1. The molecule has 1 aromatic heterocycles. The van der Waals surface area contributed by atoms with Gasteiger partial charge in [-0.1, -0.05) is 48.0 Å². The van der Waals surface area contributed by atoms with Crippen LogP contribution in [0, 0.1) is 6.92 Å². The fraction of sp³-hybridized carbons (Fsp3) is 0.0769. The first-order valence-corrected chi connectivity index (χ1v) is 12.2. The second-order valence-electron chi connectivity index (χ2n) is 7.75. The molecule has 8 nitrogen and oxygen atoms in total. The predicted octanol–water partition coefficient (Wildman–Crippen LogP) is 5.67. The first-order chi connectivity index (χ1) is 16.8. The van der Waals surface area contributed by atoms with Crippen LogP contribution in [0.5, 0.6) is 11.5 Å². The second kappa shape index (κ2) is 10.3. The summed E-state index contributed by atoms with van der Waals surface area (Å²) >= 11 is 0.